The Morgan fingerprint density at radius 3 is 2.21 bits per heavy atom. The van der Waals surface area contributed by atoms with E-state index in [-0.39, 0.29) is 18.9 Å². The molecule has 2 rings (SSSR count). The van der Waals surface area contributed by atoms with Crippen LogP contribution in [-0.4, -0.2) is 44.0 Å². The summed E-state index contributed by atoms with van der Waals surface area (Å²) in [5.41, 5.74) is 0.775. The van der Waals surface area contributed by atoms with Crippen LogP contribution in [0.2, 0.25) is 0 Å². The Balaban J connectivity index is 1.86. The molecule has 0 aromatic heterocycles. The molecule has 0 atom stereocenters. The van der Waals surface area contributed by atoms with Crippen LogP contribution >= 0.6 is 0 Å². The molecule has 148 valence electrons. The fraction of sp³-hybridized carbons (Fsp3) is 0.286. The standard InChI is InChI=1S/C21H23NO6/c1-3-26-18-11-10-16(12-19(18)27-4-2)21(25)22-13-20(24)28-14-17(23)15-8-6-5-7-9-15/h5-12H,3-4,13-14H2,1-2H3,(H,22,25). The van der Waals surface area contributed by atoms with Crippen molar-refractivity contribution in [2.45, 2.75) is 13.8 Å². The quantitative estimate of drug-likeness (QED) is 0.499. The highest BCUT2D eigenvalue weighted by Gasteiger charge is 2.14. The molecule has 1 amide bonds. The van der Waals surface area contributed by atoms with Crippen molar-refractivity contribution in [2.75, 3.05) is 26.4 Å². The Hall–Kier alpha value is -3.35. The number of ketones is 1. The number of carbonyl (C=O) groups is 3. The van der Waals surface area contributed by atoms with Crippen molar-refractivity contribution in [1.29, 1.82) is 0 Å². The lowest BCUT2D eigenvalue weighted by molar-refractivity contribution is -0.141. The normalized spacial score (nSPS) is 10.1. The summed E-state index contributed by atoms with van der Waals surface area (Å²) >= 11 is 0. The van der Waals surface area contributed by atoms with Gasteiger partial charge in [0, 0.05) is 11.1 Å². The molecule has 28 heavy (non-hydrogen) atoms. The van der Waals surface area contributed by atoms with E-state index in [9.17, 15) is 14.4 Å². The van der Waals surface area contributed by atoms with E-state index in [1.165, 1.54) is 0 Å². The number of carbonyl (C=O) groups excluding carboxylic acids is 3. The van der Waals surface area contributed by atoms with Gasteiger partial charge in [-0.25, -0.2) is 0 Å². The van der Waals surface area contributed by atoms with E-state index >= 15 is 0 Å². The molecule has 0 fully saturated rings. The smallest absolute Gasteiger partial charge is 0.325 e. The van der Waals surface area contributed by atoms with Gasteiger partial charge in [0.1, 0.15) is 6.54 Å². The fourth-order valence-corrected chi connectivity index (χ4v) is 2.35. The van der Waals surface area contributed by atoms with Crippen LogP contribution in [0, 0.1) is 0 Å². The van der Waals surface area contributed by atoms with Crippen molar-refractivity contribution in [2.24, 2.45) is 0 Å². The number of rotatable bonds is 10. The van der Waals surface area contributed by atoms with E-state index in [0.717, 1.165) is 0 Å². The molecule has 2 aromatic carbocycles. The van der Waals surface area contributed by atoms with Crippen LogP contribution < -0.4 is 14.8 Å². The number of hydrogen-bond donors (Lipinski definition) is 1. The lowest BCUT2D eigenvalue weighted by atomic mass is 10.1. The number of nitrogens with one attached hydrogen (secondary N) is 1. The zero-order valence-electron chi connectivity index (χ0n) is 15.9. The maximum absolute atomic E-state index is 12.3. The number of benzene rings is 2. The zero-order chi connectivity index (χ0) is 20.4. The first-order valence-electron chi connectivity index (χ1n) is 8.96. The van der Waals surface area contributed by atoms with Gasteiger partial charge in [0.25, 0.3) is 5.91 Å². The molecule has 2 aromatic rings. The molecule has 7 heteroatoms. The Morgan fingerprint density at radius 2 is 1.54 bits per heavy atom. The first-order chi connectivity index (χ1) is 13.5. The Labute approximate surface area is 163 Å². The zero-order valence-corrected chi connectivity index (χ0v) is 15.9. The van der Waals surface area contributed by atoms with E-state index in [2.05, 4.69) is 5.32 Å². The summed E-state index contributed by atoms with van der Waals surface area (Å²) in [6.45, 7) is 3.85. The Bertz CT molecular complexity index is 819. The van der Waals surface area contributed by atoms with Crippen LogP contribution in [0.15, 0.2) is 48.5 Å². The second-order valence-corrected chi connectivity index (χ2v) is 5.66. The maximum Gasteiger partial charge on any atom is 0.325 e. The van der Waals surface area contributed by atoms with Gasteiger partial charge < -0.3 is 19.5 Å². The molecule has 0 unspecified atom stereocenters. The predicted molar refractivity (Wildman–Crippen MR) is 103 cm³/mol. The van der Waals surface area contributed by atoms with Crippen molar-refractivity contribution in [3.63, 3.8) is 0 Å². The summed E-state index contributed by atoms with van der Waals surface area (Å²) in [6, 6.07) is 13.3. The van der Waals surface area contributed by atoms with Crippen LogP contribution in [0.1, 0.15) is 34.6 Å². The predicted octanol–water partition coefficient (Wildman–Crippen LogP) is 2.64. The number of ether oxygens (including phenoxy) is 3. The highest BCUT2D eigenvalue weighted by atomic mass is 16.5. The van der Waals surface area contributed by atoms with E-state index in [4.69, 9.17) is 14.2 Å². The molecule has 0 spiro atoms. The van der Waals surface area contributed by atoms with Crippen LogP contribution in [0.4, 0.5) is 0 Å². The summed E-state index contributed by atoms with van der Waals surface area (Å²) < 4.78 is 15.8. The van der Waals surface area contributed by atoms with Gasteiger partial charge in [-0.2, -0.15) is 0 Å². The summed E-state index contributed by atoms with van der Waals surface area (Å²) in [5.74, 6) is -0.482. The maximum atomic E-state index is 12.3. The highest BCUT2D eigenvalue weighted by molar-refractivity contribution is 5.99. The van der Waals surface area contributed by atoms with Gasteiger partial charge in [-0.05, 0) is 32.0 Å². The third-order valence-electron chi connectivity index (χ3n) is 3.66. The molecule has 0 aliphatic carbocycles. The number of Topliss-reactive ketones (excluding diaryl/α,β-unsaturated/α-hetero) is 1. The van der Waals surface area contributed by atoms with Crippen LogP contribution in [0.3, 0.4) is 0 Å². The third-order valence-corrected chi connectivity index (χ3v) is 3.66. The number of amides is 1. The first kappa shape index (κ1) is 21.0. The van der Waals surface area contributed by atoms with E-state index in [1.807, 2.05) is 13.8 Å². The minimum atomic E-state index is -0.700. The largest absolute Gasteiger partial charge is 0.490 e. The molecule has 7 nitrogen and oxygen atoms in total. The third kappa shape index (κ3) is 6.12. The number of esters is 1. The average Bonchev–Trinajstić information content (AvgIpc) is 2.72. The van der Waals surface area contributed by atoms with Gasteiger partial charge in [0.05, 0.1) is 13.2 Å². The van der Waals surface area contributed by atoms with Crippen molar-refractivity contribution in [3.8, 4) is 11.5 Å². The van der Waals surface area contributed by atoms with E-state index in [1.54, 1.807) is 48.5 Å². The van der Waals surface area contributed by atoms with E-state index < -0.39 is 11.9 Å². The Morgan fingerprint density at radius 1 is 0.857 bits per heavy atom. The molecular weight excluding hydrogens is 362 g/mol. The molecule has 0 bridgehead atoms. The SMILES string of the molecule is CCOc1ccc(C(=O)NCC(=O)OCC(=O)c2ccccc2)cc1OCC. The van der Waals surface area contributed by atoms with E-state index in [0.29, 0.717) is 35.8 Å². The molecule has 0 saturated heterocycles. The van der Waals surface area contributed by atoms with Gasteiger partial charge in [-0.1, -0.05) is 30.3 Å². The topological polar surface area (TPSA) is 90.9 Å². The van der Waals surface area contributed by atoms with Crippen molar-refractivity contribution in [1.82, 2.24) is 5.32 Å². The molecule has 0 heterocycles. The molecular formula is C21H23NO6. The van der Waals surface area contributed by atoms with Crippen LogP contribution in [0.25, 0.3) is 0 Å². The summed E-state index contributed by atoms with van der Waals surface area (Å²) in [4.78, 5) is 35.9. The van der Waals surface area contributed by atoms with Gasteiger partial charge in [-0.3, -0.25) is 14.4 Å². The minimum absolute atomic E-state index is 0.312. The van der Waals surface area contributed by atoms with Gasteiger partial charge >= 0.3 is 5.97 Å². The van der Waals surface area contributed by atoms with Gasteiger partial charge in [0.15, 0.2) is 23.9 Å². The number of hydrogen-bond acceptors (Lipinski definition) is 6. The van der Waals surface area contributed by atoms with Gasteiger partial charge in [-0.15, -0.1) is 0 Å². The Kier molecular flexibility index (Phi) is 8.02. The fourth-order valence-electron chi connectivity index (χ4n) is 2.35. The molecule has 0 saturated carbocycles. The highest BCUT2D eigenvalue weighted by Crippen LogP contribution is 2.28. The van der Waals surface area contributed by atoms with Crippen molar-refractivity contribution in [3.05, 3.63) is 59.7 Å². The lowest BCUT2D eigenvalue weighted by Gasteiger charge is -2.12. The van der Waals surface area contributed by atoms with Crippen LogP contribution in [0.5, 0.6) is 11.5 Å². The first-order valence-corrected chi connectivity index (χ1v) is 8.96. The summed E-state index contributed by atoms with van der Waals surface area (Å²) in [7, 11) is 0. The van der Waals surface area contributed by atoms with Crippen molar-refractivity contribution >= 4 is 17.7 Å². The molecule has 1 N–H and O–H groups in total. The van der Waals surface area contributed by atoms with Crippen molar-refractivity contribution < 1.29 is 28.6 Å². The second-order valence-electron chi connectivity index (χ2n) is 5.66. The summed E-state index contributed by atoms with van der Waals surface area (Å²) in [5, 5.41) is 2.46. The molecule has 0 aliphatic rings. The molecule has 0 radical (unpaired) electrons. The lowest BCUT2D eigenvalue weighted by Crippen LogP contribution is -2.31. The van der Waals surface area contributed by atoms with Crippen LogP contribution in [-0.2, 0) is 9.53 Å². The summed E-state index contributed by atoms with van der Waals surface area (Å²) in [6.07, 6.45) is 0. The minimum Gasteiger partial charge on any atom is -0.490 e. The van der Waals surface area contributed by atoms with Gasteiger partial charge in [0.2, 0.25) is 0 Å². The molecule has 0 aliphatic heterocycles. The average molecular weight is 385 g/mol. The second kappa shape index (κ2) is 10.7. The monoisotopic (exact) mass is 385 g/mol.